The molecule has 1 aromatic heterocycles. The van der Waals surface area contributed by atoms with Crippen LogP contribution in [-0.4, -0.2) is 34.2 Å². The van der Waals surface area contributed by atoms with Gasteiger partial charge in [0.25, 0.3) is 0 Å². The summed E-state index contributed by atoms with van der Waals surface area (Å²) in [6.45, 7) is 7.91. The van der Waals surface area contributed by atoms with E-state index in [-0.39, 0.29) is 0 Å². The van der Waals surface area contributed by atoms with E-state index in [0.29, 0.717) is 12.0 Å². The number of aromatic nitrogens is 3. The maximum absolute atomic E-state index is 5.37. The second-order valence-electron chi connectivity index (χ2n) is 5.06. The first-order valence-electron chi connectivity index (χ1n) is 7.02. The SMILES string of the molecule is CCC(CC)NCc1cn(CC2CCOC2)nn1. The van der Waals surface area contributed by atoms with Crippen molar-refractivity contribution in [2.45, 2.75) is 52.2 Å². The van der Waals surface area contributed by atoms with E-state index in [9.17, 15) is 0 Å². The lowest BCUT2D eigenvalue weighted by molar-refractivity contribution is 0.181. The van der Waals surface area contributed by atoms with Gasteiger partial charge in [-0.1, -0.05) is 19.1 Å². The van der Waals surface area contributed by atoms with E-state index in [2.05, 4.69) is 29.5 Å². The Morgan fingerprint density at radius 2 is 2.33 bits per heavy atom. The van der Waals surface area contributed by atoms with Gasteiger partial charge in [0.05, 0.1) is 12.3 Å². The Kier molecular flexibility index (Phi) is 5.13. The molecule has 5 nitrogen and oxygen atoms in total. The molecule has 18 heavy (non-hydrogen) atoms. The molecule has 0 saturated carbocycles. The molecule has 1 unspecified atom stereocenters. The number of ether oxygens (including phenoxy) is 1. The molecule has 2 heterocycles. The molecular formula is C13H24N4O. The summed E-state index contributed by atoms with van der Waals surface area (Å²) in [7, 11) is 0. The van der Waals surface area contributed by atoms with Gasteiger partial charge in [-0.15, -0.1) is 5.10 Å². The average molecular weight is 252 g/mol. The molecule has 1 fully saturated rings. The third kappa shape index (κ3) is 3.78. The molecule has 1 atom stereocenters. The van der Waals surface area contributed by atoms with E-state index in [4.69, 9.17) is 4.74 Å². The van der Waals surface area contributed by atoms with Crippen molar-refractivity contribution >= 4 is 0 Å². The van der Waals surface area contributed by atoms with E-state index >= 15 is 0 Å². The van der Waals surface area contributed by atoms with Crippen LogP contribution in [0.1, 0.15) is 38.8 Å². The van der Waals surface area contributed by atoms with Gasteiger partial charge < -0.3 is 10.1 Å². The van der Waals surface area contributed by atoms with Gasteiger partial charge in [0.1, 0.15) is 0 Å². The predicted octanol–water partition coefficient (Wildman–Crippen LogP) is 1.59. The van der Waals surface area contributed by atoms with Gasteiger partial charge in [-0.25, -0.2) is 0 Å². The molecule has 5 heteroatoms. The summed E-state index contributed by atoms with van der Waals surface area (Å²) < 4.78 is 7.32. The lowest BCUT2D eigenvalue weighted by Crippen LogP contribution is -2.27. The van der Waals surface area contributed by atoms with Crippen LogP contribution in [0.2, 0.25) is 0 Å². The van der Waals surface area contributed by atoms with E-state index in [0.717, 1.165) is 51.3 Å². The molecule has 0 aliphatic carbocycles. The zero-order valence-electron chi connectivity index (χ0n) is 11.4. The summed E-state index contributed by atoms with van der Waals surface area (Å²) in [6.07, 6.45) is 5.50. The number of rotatable bonds is 7. The van der Waals surface area contributed by atoms with Gasteiger partial charge in [0.15, 0.2) is 0 Å². The Hall–Kier alpha value is -0.940. The first-order chi connectivity index (χ1) is 8.81. The lowest BCUT2D eigenvalue weighted by Gasteiger charge is -2.12. The van der Waals surface area contributed by atoms with Crippen LogP contribution in [0.5, 0.6) is 0 Å². The molecule has 0 aromatic carbocycles. The summed E-state index contributed by atoms with van der Waals surface area (Å²) in [4.78, 5) is 0. The first-order valence-corrected chi connectivity index (χ1v) is 7.02. The normalized spacial score (nSPS) is 19.8. The molecular weight excluding hydrogens is 228 g/mol. The van der Waals surface area contributed by atoms with Crippen LogP contribution in [0.4, 0.5) is 0 Å². The summed E-state index contributed by atoms with van der Waals surface area (Å²) in [5.74, 6) is 0.603. The van der Waals surface area contributed by atoms with Crippen LogP contribution in [0.25, 0.3) is 0 Å². The van der Waals surface area contributed by atoms with Crippen molar-refractivity contribution in [1.82, 2.24) is 20.3 Å². The van der Waals surface area contributed by atoms with Crippen LogP contribution in [0.3, 0.4) is 0 Å². The Morgan fingerprint density at radius 3 is 3.00 bits per heavy atom. The number of hydrogen-bond acceptors (Lipinski definition) is 4. The monoisotopic (exact) mass is 252 g/mol. The lowest BCUT2D eigenvalue weighted by atomic mass is 10.1. The molecule has 0 radical (unpaired) electrons. The van der Waals surface area contributed by atoms with Crippen molar-refractivity contribution in [2.24, 2.45) is 5.92 Å². The third-order valence-electron chi connectivity index (χ3n) is 3.61. The fourth-order valence-corrected chi connectivity index (χ4v) is 2.33. The van der Waals surface area contributed by atoms with Gasteiger partial charge >= 0.3 is 0 Å². The van der Waals surface area contributed by atoms with Gasteiger partial charge in [-0.05, 0) is 19.3 Å². The minimum absolute atomic E-state index is 0.582. The van der Waals surface area contributed by atoms with E-state index in [1.165, 1.54) is 0 Å². The topological polar surface area (TPSA) is 52.0 Å². The highest BCUT2D eigenvalue weighted by Gasteiger charge is 2.16. The zero-order valence-corrected chi connectivity index (χ0v) is 11.4. The Bertz CT molecular complexity index is 343. The van der Waals surface area contributed by atoms with E-state index < -0.39 is 0 Å². The average Bonchev–Trinajstić information content (AvgIpc) is 3.03. The number of hydrogen-bond donors (Lipinski definition) is 1. The first kappa shape index (κ1) is 13.5. The molecule has 0 bridgehead atoms. The smallest absolute Gasteiger partial charge is 0.0964 e. The van der Waals surface area contributed by atoms with E-state index in [1.54, 1.807) is 0 Å². The van der Waals surface area contributed by atoms with Crippen molar-refractivity contribution < 1.29 is 4.74 Å². The van der Waals surface area contributed by atoms with E-state index in [1.807, 2.05) is 10.9 Å². The molecule has 1 saturated heterocycles. The molecule has 1 aliphatic heterocycles. The molecule has 1 aliphatic rings. The fourth-order valence-electron chi connectivity index (χ4n) is 2.33. The van der Waals surface area contributed by atoms with Crippen LogP contribution in [0, 0.1) is 5.92 Å². The fraction of sp³-hybridized carbons (Fsp3) is 0.846. The highest BCUT2D eigenvalue weighted by molar-refractivity contribution is 4.92. The van der Waals surface area contributed by atoms with Crippen molar-refractivity contribution in [3.8, 4) is 0 Å². The number of nitrogens with zero attached hydrogens (tertiary/aromatic N) is 3. The predicted molar refractivity (Wildman–Crippen MR) is 70.2 cm³/mol. The summed E-state index contributed by atoms with van der Waals surface area (Å²) in [6, 6.07) is 0.582. The maximum Gasteiger partial charge on any atom is 0.0964 e. The van der Waals surface area contributed by atoms with Crippen LogP contribution in [0.15, 0.2) is 6.20 Å². The van der Waals surface area contributed by atoms with Gasteiger partial charge in [-0.3, -0.25) is 4.68 Å². The Morgan fingerprint density at radius 1 is 1.50 bits per heavy atom. The van der Waals surface area contributed by atoms with Crippen molar-refractivity contribution in [3.05, 3.63) is 11.9 Å². The Labute approximate surface area is 109 Å². The minimum atomic E-state index is 0.582. The third-order valence-corrected chi connectivity index (χ3v) is 3.61. The van der Waals surface area contributed by atoms with Gasteiger partial charge in [-0.2, -0.15) is 0 Å². The minimum Gasteiger partial charge on any atom is -0.381 e. The zero-order chi connectivity index (χ0) is 12.8. The quantitative estimate of drug-likeness (QED) is 0.800. The summed E-state index contributed by atoms with van der Waals surface area (Å²) in [5.41, 5.74) is 1.03. The van der Waals surface area contributed by atoms with Crippen LogP contribution >= 0.6 is 0 Å². The molecule has 0 spiro atoms. The van der Waals surface area contributed by atoms with Gasteiger partial charge in [0.2, 0.25) is 0 Å². The van der Waals surface area contributed by atoms with Gasteiger partial charge in [0, 0.05) is 37.9 Å². The molecule has 1 N–H and O–H groups in total. The molecule has 1 aromatic rings. The molecule has 102 valence electrons. The maximum atomic E-state index is 5.37. The Balaban J connectivity index is 1.78. The summed E-state index contributed by atoms with van der Waals surface area (Å²) in [5, 5.41) is 11.9. The standard InChI is InChI=1S/C13H24N4O/c1-3-12(4-2)14-7-13-9-17(16-15-13)8-11-5-6-18-10-11/h9,11-12,14H,3-8,10H2,1-2H3. The van der Waals surface area contributed by atoms with Crippen molar-refractivity contribution in [2.75, 3.05) is 13.2 Å². The van der Waals surface area contributed by atoms with Crippen LogP contribution in [-0.2, 0) is 17.8 Å². The highest BCUT2D eigenvalue weighted by atomic mass is 16.5. The number of nitrogens with one attached hydrogen (secondary N) is 1. The second-order valence-corrected chi connectivity index (χ2v) is 5.06. The second kappa shape index (κ2) is 6.85. The highest BCUT2D eigenvalue weighted by Crippen LogP contribution is 2.14. The molecule has 2 rings (SSSR count). The largest absolute Gasteiger partial charge is 0.381 e. The van der Waals surface area contributed by atoms with Crippen molar-refractivity contribution in [3.63, 3.8) is 0 Å². The van der Waals surface area contributed by atoms with Crippen molar-refractivity contribution in [1.29, 1.82) is 0 Å². The van der Waals surface area contributed by atoms with Crippen LogP contribution < -0.4 is 5.32 Å². The summed E-state index contributed by atoms with van der Waals surface area (Å²) >= 11 is 0. The molecule has 0 amide bonds.